The maximum absolute atomic E-state index is 11.6. The second kappa shape index (κ2) is 4.64. The number of hydrogen-bond acceptors (Lipinski definition) is 4. The highest BCUT2D eigenvalue weighted by Gasteiger charge is 2.24. The van der Waals surface area contributed by atoms with Crippen LogP contribution in [-0.4, -0.2) is 13.2 Å². The molecule has 0 radical (unpaired) electrons. The van der Waals surface area contributed by atoms with Crippen LogP contribution in [0.4, 0.5) is 0 Å². The van der Waals surface area contributed by atoms with Crippen molar-refractivity contribution in [2.45, 2.75) is 20.0 Å². The number of methoxy groups -OCH3 is 1. The average Bonchev–Trinajstić information content (AvgIpc) is 2.37. The Labute approximate surface area is 104 Å². The van der Waals surface area contributed by atoms with Crippen LogP contribution in [0.2, 0.25) is 0 Å². The summed E-state index contributed by atoms with van der Waals surface area (Å²) in [7, 11) is 1.55. The first-order valence-corrected chi connectivity index (χ1v) is 5.69. The normalized spacial score (nSPS) is 10.9. The topological polar surface area (TPSA) is 52.6 Å². The fourth-order valence-corrected chi connectivity index (χ4v) is 1.76. The van der Waals surface area contributed by atoms with Crippen molar-refractivity contribution in [3.8, 4) is 22.6 Å². The Hall–Kier alpha value is -2.10. The molecule has 2 rings (SSSR count). The Kier molecular flexibility index (Phi) is 3.19. The van der Waals surface area contributed by atoms with Crippen molar-refractivity contribution in [2.75, 3.05) is 7.11 Å². The summed E-state index contributed by atoms with van der Waals surface area (Å²) in [6, 6.07) is 7.01. The third-order valence-electron chi connectivity index (χ3n) is 2.58. The third-order valence-corrected chi connectivity index (χ3v) is 2.58. The molecule has 2 aromatic rings. The summed E-state index contributed by atoms with van der Waals surface area (Å²) in [4.78, 5) is 23.1. The van der Waals surface area contributed by atoms with Gasteiger partial charge in [0.2, 0.25) is 5.43 Å². The monoisotopic (exact) mass is 246 g/mol. The Morgan fingerprint density at radius 1 is 1.11 bits per heavy atom. The number of benzene rings is 1. The number of ether oxygens (including phenoxy) is 2. The predicted molar refractivity (Wildman–Crippen MR) is 69.1 cm³/mol. The fourth-order valence-electron chi connectivity index (χ4n) is 1.76. The van der Waals surface area contributed by atoms with Gasteiger partial charge in [0.1, 0.15) is 5.75 Å². The van der Waals surface area contributed by atoms with Crippen LogP contribution in [0.3, 0.4) is 0 Å². The minimum atomic E-state index is -0.554. The zero-order chi connectivity index (χ0) is 13.3. The molecule has 2 aromatic carbocycles. The Balaban J connectivity index is 2.48. The third kappa shape index (κ3) is 2.01. The highest BCUT2D eigenvalue weighted by atomic mass is 16.5. The Morgan fingerprint density at radius 3 is 2.44 bits per heavy atom. The van der Waals surface area contributed by atoms with Gasteiger partial charge in [0.05, 0.1) is 18.8 Å². The molecule has 0 aliphatic heterocycles. The summed E-state index contributed by atoms with van der Waals surface area (Å²) >= 11 is 0. The zero-order valence-electron chi connectivity index (χ0n) is 10.5. The lowest BCUT2D eigenvalue weighted by atomic mass is 10.00. The van der Waals surface area contributed by atoms with E-state index in [1.165, 1.54) is 0 Å². The van der Waals surface area contributed by atoms with Crippen LogP contribution in [0.1, 0.15) is 13.8 Å². The second-order valence-electron chi connectivity index (χ2n) is 4.26. The van der Waals surface area contributed by atoms with E-state index in [0.29, 0.717) is 16.9 Å². The second-order valence-corrected chi connectivity index (χ2v) is 4.26. The van der Waals surface area contributed by atoms with Crippen LogP contribution in [0.15, 0.2) is 33.9 Å². The molecule has 0 fully saturated rings. The summed E-state index contributed by atoms with van der Waals surface area (Å²) in [5.41, 5.74) is -0.0670. The van der Waals surface area contributed by atoms with Crippen molar-refractivity contribution in [1.29, 1.82) is 0 Å². The molecule has 0 heterocycles. The van der Waals surface area contributed by atoms with E-state index < -0.39 is 10.9 Å². The van der Waals surface area contributed by atoms with Crippen molar-refractivity contribution in [1.82, 2.24) is 0 Å². The van der Waals surface area contributed by atoms with Gasteiger partial charge in [-0.05, 0) is 31.5 Å². The van der Waals surface area contributed by atoms with Crippen LogP contribution < -0.4 is 20.3 Å². The molecular formula is C14H14O4. The van der Waals surface area contributed by atoms with Crippen molar-refractivity contribution in [2.24, 2.45) is 0 Å². The standard InChI is InChI=1S/C14H14O4/c1-8(2)18-14-11(12(15)13(14)16)9-5-4-6-10(7-9)17-3/h4-8H,1-3H3. The molecule has 4 heteroatoms. The van der Waals surface area contributed by atoms with E-state index in [9.17, 15) is 9.59 Å². The molecular weight excluding hydrogens is 232 g/mol. The highest BCUT2D eigenvalue weighted by molar-refractivity contribution is 5.74. The van der Waals surface area contributed by atoms with Gasteiger partial charge >= 0.3 is 0 Å². The van der Waals surface area contributed by atoms with Gasteiger partial charge in [-0.3, -0.25) is 9.59 Å². The molecule has 0 aliphatic rings. The van der Waals surface area contributed by atoms with Gasteiger partial charge < -0.3 is 9.47 Å². The number of rotatable bonds is 4. The largest absolute Gasteiger partial charge is 0.497 e. The average molecular weight is 246 g/mol. The Morgan fingerprint density at radius 2 is 1.83 bits per heavy atom. The van der Waals surface area contributed by atoms with Crippen molar-refractivity contribution in [3.05, 3.63) is 44.7 Å². The smallest absolute Gasteiger partial charge is 0.268 e. The van der Waals surface area contributed by atoms with E-state index in [-0.39, 0.29) is 11.9 Å². The van der Waals surface area contributed by atoms with E-state index >= 15 is 0 Å². The van der Waals surface area contributed by atoms with Crippen LogP contribution in [-0.2, 0) is 0 Å². The fraction of sp³-hybridized carbons (Fsp3) is 0.286. The molecule has 0 N–H and O–H groups in total. The molecule has 0 aliphatic carbocycles. The van der Waals surface area contributed by atoms with E-state index in [1.54, 1.807) is 31.4 Å². The lowest BCUT2D eigenvalue weighted by molar-refractivity contribution is 0.238. The highest BCUT2D eigenvalue weighted by Crippen LogP contribution is 2.28. The van der Waals surface area contributed by atoms with Crippen molar-refractivity contribution >= 4 is 0 Å². The van der Waals surface area contributed by atoms with E-state index in [2.05, 4.69) is 0 Å². The van der Waals surface area contributed by atoms with E-state index in [0.717, 1.165) is 0 Å². The zero-order valence-corrected chi connectivity index (χ0v) is 10.5. The molecule has 0 spiro atoms. The molecule has 4 nitrogen and oxygen atoms in total. The first-order valence-electron chi connectivity index (χ1n) is 5.69. The maximum Gasteiger partial charge on any atom is 0.268 e. The van der Waals surface area contributed by atoms with Gasteiger partial charge in [0.25, 0.3) is 5.43 Å². The molecule has 18 heavy (non-hydrogen) atoms. The molecule has 0 atom stereocenters. The predicted octanol–water partition coefficient (Wildman–Crippen LogP) is 1.75. The van der Waals surface area contributed by atoms with Crippen molar-refractivity contribution in [3.63, 3.8) is 0 Å². The minimum absolute atomic E-state index is 0.141. The summed E-state index contributed by atoms with van der Waals surface area (Å²) in [6.45, 7) is 3.62. The molecule has 0 saturated carbocycles. The number of hydrogen-bond donors (Lipinski definition) is 0. The lowest BCUT2D eigenvalue weighted by Crippen LogP contribution is -2.35. The van der Waals surface area contributed by atoms with Crippen molar-refractivity contribution < 1.29 is 9.47 Å². The first kappa shape index (κ1) is 12.4. The van der Waals surface area contributed by atoms with Gasteiger partial charge in [0.15, 0.2) is 5.75 Å². The lowest BCUT2D eigenvalue weighted by Gasteiger charge is -2.15. The van der Waals surface area contributed by atoms with Gasteiger partial charge in [0, 0.05) is 0 Å². The van der Waals surface area contributed by atoms with Crippen LogP contribution >= 0.6 is 0 Å². The SMILES string of the molecule is COc1cccc(-c2c(OC(C)C)c(=O)c2=O)c1. The minimum Gasteiger partial charge on any atom is -0.497 e. The summed E-state index contributed by atoms with van der Waals surface area (Å²) in [5, 5.41) is 0. The summed E-state index contributed by atoms with van der Waals surface area (Å²) in [6.07, 6.45) is -0.141. The molecule has 0 amide bonds. The maximum atomic E-state index is 11.6. The summed E-state index contributed by atoms with van der Waals surface area (Å²) < 4.78 is 10.5. The summed E-state index contributed by atoms with van der Waals surface area (Å²) in [5.74, 6) is 0.791. The van der Waals surface area contributed by atoms with Gasteiger partial charge in [-0.25, -0.2) is 0 Å². The first-order chi connectivity index (χ1) is 8.54. The Bertz CT molecular complexity index is 633. The molecule has 0 unspecified atom stereocenters. The molecule has 0 aromatic heterocycles. The van der Waals surface area contributed by atoms with Crippen LogP contribution in [0.5, 0.6) is 11.5 Å². The molecule has 0 saturated heterocycles. The quantitative estimate of drug-likeness (QED) is 0.771. The van der Waals surface area contributed by atoms with Gasteiger partial charge in [-0.15, -0.1) is 0 Å². The molecule has 94 valence electrons. The molecule has 0 bridgehead atoms. The van der Waals surface area contributed by atoms with E-state index in [4.69, 9.17) is 9.47 Å². The van der Waals surface area contributed by atoms with Gasteiger partial charge in [-0.2, -0.15) is 0 Å². The van der Waals surface area contributed by atoms with Gasteiger partial charge in [-0.1, -0.05) is 12.1 Å². The van der Waals surface area contributed by atoms with Crippen LogP contribution in [0, 0.1) is 0 Å². The van der Waals surface area contributed by atoms with Crippen LogP contribution in [0.25, 0.3) is 11.1 Å². The van der Waals surface area contributed by atoms with E-state index in [1.807, 2.05) is 13.8 Å².